The van der Waals surface area contributed by atoms with Crippen molar-refractivity contribution in [1.29, 1.82) is 0 Å². The lowest BCUT2D eigenvalue weighted by Gasteiger charge is -2.25. The summed E-state index contributed by atoms with van der Waals surface area (Å²) in [6, 6.07) is 0. The molecule has 7 nitrogen and oxygen atoms in total. The standard InChI is InChI=1S/C12H20N2O5/c13-10(15)7-19-5-4-14-11(16)8-2-1-3-9(6-8)12(17)18/h8-9H,1-7H2,(H2,13,15)(H,14,16)(H,17,18). The number of amides is 2. The maximum absolute atomic E-state index is 11.8. The fourth-order valence-corrected chi connectivity index (χ4v) is 2.22. The third-order valence-electron chi connectivity index (χ3n) is 3.18. The topological polar surface area (TPSA) is 119 Å². The second-order valence-corrected chi connectivity index (χ2v) is 4.71. The van der Waals surface area contributed by atoms with Gasteiger partial charge < -0.3 is 20.9 Å². The van der Waals surface area contributed by atoms with E-state index in [1.54, 1.807) is 0 Å². The first-order valence-electron chi connectivity index (χ1n) is 6.37. The van der Waals surface area contributed by atoms with E-state index in [0.29, 0.717) is 19.4 Å². The van der Waals surface area contributed by atoms with Crippen LogP contribution in [-0.4, -0.2) is 42.6 Å². The number of hydrogen-bond donors (Lipinski definition) is 3. The second-order valence-electron chi connectivity index (χ2n) is 4.71. The summed E-state index contributed by atoms with van der Waals surface area (Å²) in [5, 5.41) is 11.6. The third-order valence-corrected chi connectivity index (χ3v) is 3.18. The van der Waals surface area contributed by atoms with Crippen LogP contribution in [0.15, 0.2) is 0 Å². The summed E-state index contributed by atoms with van der Waals surface area (Å²) < 4.78 is 4.91. The summed E-state index contributed by atoms with van der Waals surface area (Å²) in [6.07, 6.45) is 2.51. The molecule has 108 valence electrons. The van der Waals surface area contributed by atoms with Crippen molar-refractivity contribution in [2.24, 2.45) is 17.6 Å². The lowest BCUT2D eigenvalue weighted by Crippen LogP contribution is -2.37. The summed E-state index contributed by atoms with van der Waals surface area (Å²) in [5.74, 6) is -2.19. The van der Waals surface area contributed by atoms with Crippen LogP contribution in [0.4, 0.5) is 0 Å². The highest BCUT2D eigenvalue weighted by Gasteiger charge is 2.30. The Hall–Kier alpha value is -1.63. The summed E-state index contributed by atoms with van der Waals surface area (Å²) in [5.41, 5.74) is 4.89. The first-order chi connectivity index (χ1) is 9.00. The quantitative estimate of drug-likeness (QED) is 0.540. The largest absolute Gasteiger partial charge is 0.481 e. The average Bonchev–Trinajstić information content (AvgIpc) is 2.37. The fraction of sp³-hybridized carbons (Fsp3) is 0.750. The first-order valence-corrected chi connectivity index (χ1v) is 6.37. The van der Waals surface area contributed by atoms with E-state index in [4.69, 9.17) is 15.6 Å². The molecule has 7 heteroatoms. The molecule has 0 heterocycles. The first kappa shape index (κ1) is 15.4. The Balaban J connectivity index is 2.21. The molecule has 0 bridgehead atoms. The number of carbonyl (C=O) groups excluding carboxylic acids is 2. The minimum absolute atomic E-state index is 0.145. The van der Waals surface area contributed by atoms with Crippen LogP contribution < -0.4 is 11.1 Å². The molecule has 1 fully saturated rings. The van der Waals surface area contributed by atoms with Gasteiger partial charge in [0.15, 0.2) is 0 Å². The van der Waals surface area contributed by atoms with Crippen LogP contribution in [0.5, 0.6) is 0 Å². The lowest BCUT2D eigenvalue weighted by molar-refractivity contribution is -0.144. The van der Waals surface area contributed by atoms with Crippen molar-refractivity contribution < 1.29 is 24.2 Å². The molecular formula is C12H20N2O5. The van der Waals surface area contributed by atoms with E-state index in [-0.39, 0.29) is 25.0 Å². The Labute approximate surface area is 111 Å². The monoisotopic (exact) mass is 272 g/mol. The Morgan fingerprint density at radius 3 is 2.58 bits per heavy atom. The number of nitrogens with one attached hydrogen (secondary N) is 1. The maximum atomic E-state index is 11.8. The summed E-state index contributed by atoms with van der Waals surface area (Å²) >= 11 is 0. The van der Waals surface area contributed by atoms with Gasteiger partial charge in [-0.3, -0.25) is 14.4 Å². The molecule has 0 radical (unpaired) electrons. The van der Waals surface area contributed by atoms with Crippen molar-refractivity contribution in [2.75, 3.05) is 19.8 Å². The van der Waals surface area contributed by atoms with E-state index in [9.17, 15) is 14.4 Å². The highest BCUT2D eigenvalue weighted by atomic mass is 16.5. The minimum Gasteiger partial charge on any atom is -0.481 e. The molecule has 1 aliphatic rings. The highest BCUT2D eigenvalue weighted by Crippen LogP contribution is 2.29. The van der Waals surface area contributed by atoms with Gasteiger partial charge >= 0.3 is 5.97 Å². The molecule has 19 heavy (non-hydrogen) atoms. The fourth-order valence-electron chi connectivity index (χ4n) is 2.22. The molecule has 2 amide bonds. The van der Waals surface area contributed by atoms with Gasteiger partial charge in [0.25, 0.3) is 0 Å². The number of primary amides is 1. The van der Waals surface area contributed by atoms with Crippen LogP contribution in [0, 0.1) is 11.8 Å². The number of hydrogen-bond acceptors (Lipinski definition) is 4. The zero-order valence-corrected chi connectivity index (χ0v) is 10.8. The average molecular weight is 272 g/mol. The molecule has 1 aliphatic carbocycles. The van der Waals surface area contributed by atoms with Gasteiger partial charge in [0.1, 0.15) is 6.61 Å². The molecule has 0 aromatic heterocycles. The molecule has 4 N–H and O–H groups in total. The summed E-state index contributed by atoms with van der Waals surface area (Å²) in [7, 11) is 0. The third kappa shape index (κ3) is 5.69. The smallest absolute Gasteiger partial charge is 0.306 e. The van der Waals surface area contributed by atoms with Gasteiger partial charge in [-0.1, -0.05) is 6.42 Å². The van der Waals surface area contributed by atoms with Crippen LogP contribution in [0.25, 0.3) is 0 Å². The molecule has 1 rings (SSSR count). The molecular weight excluding hydrogens is 252 g/mol. The minimum atomic E-state index is -0.831. The molecule has 2 atom stereocenters. The van der Waals surface area contributed by atoms with Gasteiger partial charge in [-0.15, -0.1) is 0 Å². The maximum Gasteiger partial charge on any atom is 0.306 e. The Kier molecular flexibility index (Phi) is 6.27. The SMILES string of the molecule is NC(=O)COCCNC(=O)C1CCCC(C(=O)O)C1. The second kappa shape index (κ2) is 7.73. The predicted octanol–water partition coefficient (Wildman–Crippen LogP) is -0.504. The van der Waals surface area contributed by atoms with E-state index in [1.165, 1.54) is 0 Å². The zero-order chi connectivity index (χ0) is 14.3. The molecule has 1 saturated carbocycles. The Morgan fingerprint density at radius 2 is 1.95 bits per heavy atom. The van der Waals surface area contributed by atoms with Gasteiger partial charge in [0.05, 0.1) is 12.5 Å². The Morgan fingerprint density at radius 1 is 1.26 bits per heavy atom. The van der Waals surface area contributed by atoms with Crippen molar-refractivity contribution >= 4 is 17.8 Å². The summed E-state index contributed by atoms with van der Waals surface area (Å²) in [4.78, 5) is 33.1. The van der Waals surface area contributed by atoms with E-state index in [2.05, 4.69) is 5.32 Å². The molecule has 0 saturated heterocycles. The van der Waals surface area contributed by atoms with Crippen LogP contribution in [0.3, 0.4) is 0 Å². The number of rotatable bonds is 7. The van der Waals surface area contributed by atoms with Gasteiger partial charge in [-0.05, 0) is 19.3 Å². The molecule has 0 aromatic carbocycles. The predicted molar refractivity (Wildman–Crippen MR) is 66.1 cm³/mol. The molecule has 0 spiro atoms. The molecule has 0 aromatic rings. The van der Waals surface area contributed by atoms with Gasteiger partial charge in [0.2, 0.25) is 11.8 Å². The van der Waals surface area contributed by atoms with E-state index < -0.39 is 17.8 Å². The highest BCUT2D eigenvalue weighted by molar-refractivity contribution is 5.80. The number of nitrogens with two attached hydrogens (primary N) is 1. The van der Waals surface area contributed by atoms with Crippen molar-refractivity contribution in [1.82, 2.24) is 5.32 Å². The number of carbonyl (C=O) groups is 3. The van der Waals surface area contributed by atoms with Gasteiger partial charge in [0, 0.05) is 12.5 Å². The summed E-state index contributed by atoms with van der Waals surface area (Å²) in [6.45, 7) is 0.338. The Bertz CT molecular complexity index is 345. The van der Waals surface area contributed by atoms with Crippen LogP contribution in [0.1, 0.15) is 25.7 Å². The van der Waals surface area contributed by atoms with E-state index >= 15 is 0 Å². The van der Waals surface area contributed by atoms with Gasteiger partial charge in [-0.2, -0.15) is 0 Å². The molecule has 2 unspecified atom stereocenters. The van der Waals surface area contributed by atoms with Crippen molar-refractivity contribution in [3.8, 4) is 0 Å². The molecule has 0 aliphatic heterocycles. The normalized spacial score (nSPS) is 22.7. The lowest BCUT2D eigenvalue weighted by atomic mass is 9.81. The van der Waals surface area contributed by atoms with Crippen LogP contribution in [-0.2, 0) is 19.1 Å². The van der Waals surface area contributed by atoms with Crippen molar-refractivity contribution in [3.63, 3.8) is 0 Å². The van der Waals surface area contributed by atoms with Crippen molar-refractivity contribution in [3.05, 3.63) is 0 Å². The van der Waals surface area contributed by atoms with E-state index in [1.807, 2.05) is 0 Å². The van der Waals surface area contributed by atoms with Crippen molar-refractivity contribution in [2.45, 2.75) is 25.7 Å². The zero-order valence-electron chi connectivity index (χ0n) is 10.8. The number of ether oxygens (including phenoxy) is 1. The van der Waals surface area contributed by atoms with Gasteiger partial charge in [-0.25, -0.2) is 0 Å². The van der Waals surface area contributed by atoms with Crippen LogP contribution in [0.2, 0.25) is 0 Å². The van der Waals surface area contributed by atoms with E-state index in [0.717, 1.165) is 12.8 Å². The number of carboxylic acids is 1. The number of aliphatic carboxylic acids is 1. The van der Waals surface area contributed by atoms with Crippen LogP contribution >= 0.6 is 0 Å². The number of carboxylic acid groups (broad SMARTS) is 1.